The molecule has 4 heterocycles. The number of fused-ring (bicyclic) bond motifs is 1. The standard InChI is InChI=1S/C35H43N5/c1-27(36-2)31-11-9-28(10-12-31)26-40-20-15-33-22-34(23-37-35(33)40)32-13-18-39(19-14-32)25-30-8-6-7-29(21-30)24-38-16-4-3-5-17-38/h6-12,15,20-23,32,36H,1,3-5,13-14,16-19,24-26H2,2H3. The minimum atomic E-state index is 0.592. The first-order valence-electron chi connectivity index (χ1n) is 15.1. The number of pyridine rings is 1. The van der Waals surface area contributed by atoms with Gasteiger partial charge >= 0.3 is 0 Å². The Bertz CT molecular complexity index is 1420. The Kier molecular flexibility index (Phi) is 8.31. The molecule has 1 N–H and O–H groups in total. The average molecular weight is 534 g/mol. The highest BCUT2D eigenvalue weighted by Crippen LogP contribution is 2.30. The number of likely N-dealkylation sites (tertiary alicyclic amines) is 2. The second-order valence-corrected chi connectivity index (χ2v) is 11.8. The molecule has 2 aromatic heterocycles. The van der Waals surface area contributed by atoms with Gasteiger partial charge in [-0.2, -0.15) is 0 Å². The van der Waals surface area contributed by atoms with E-state index in [1.165, 1.54) is 72.8 Å². The van der Waals surface area contributed by atoms with Crippen molar-refractivity contribution in [2.24, 2.45) is 0 Å². The number of hydrogen-bond donors (Lipinski definition) is 1. The maximum Gasteiger partial charge on any atom is 0.140 e. The van der Waals surface area contributed by atoms with Crippen molar-refractivity contribution in [3.8, 4) is 0 Å². The number of nitrogens with one attached hydrogen (secondary N) is 1. The third-order valence-electron chi connectivity index (χ3n) is 8.89. The summed E-state index contributed by atoms with van der Waals surface area (Å²) in [4.78, 5) is 10.2. The Hall–Kier alpha value is -3.41. The van der Waals surface area contributed by atoms with Gasteiger partial charge in [-0.25, -0.2) is 4.98 Å². The Morgan fingerprint density at radius 1 is 0.825 bits per heavy atom. The summed E-state index contributed by atoms with van der Waals surface area (Å²) >= 11 is 0. The molecule has 0 spiro atoms. The number of hydrogen-bond acceptors (Lipinski definition) is 4. The summed E-state index contributed by atoms with van der Waals surface area (Å²) in [5.41, 5.74) is 8.71. The predicted molar refractivity (Wildman–Crippen MR) is 166 cm³/mol. The molecule has 5 heteroatoms. The lowest BCUT2D eigenvalue weighted by molar-refractivity contribution is 0.204. The summed E-state index contributed by atoms with van der Waals surface area (Å²) in [7, 11) is 1.90. The molecule has 0 unspecified atom stereocenters. The van der Waals surface area contributed by atoms with Crippen molar-refractivity contribution in [2.45, 2.75) is 57.7 Å². The number of piperidine rings is 2. The van der Waals surface area contributed by atoms with E-state index in [2.05, 4.69) is 99.3 Å². The van der Waals surface area contributed by atoms with Gasteiger partial charge in [0.2, 0.25) is 0 Å². The van der Waals surface area contributed by atoms with Crippen LogP contribution < -0.4 is 5.32 Å². The number of benzene rings is 2. The highest BCUT2D eigenvalue weighted by Gasteiger charge is 2.22. The molecule has 0 aliphatic carbocycles. The molecule has 2 aliphatic rings. The second-order valence-electron chi connectivity index (χ2n) is 11.8. The van der Waals surface area contributed by atoms with E-state index < -0.39 is 0 Å². The molecule has 2 fully saturated rings. The molecule has 0 radical (unpaired) electrons. The van der Waals surface area contributed by atoms with E-state index in [1.807, 2.05) is 7.05 Å². The molecule has 0 saturated carbocycles. The molecule has 208 valence electrons. The lowest BCUT2D eigenvalue weighted by atomic mass is 9.90. The van der Waals surface area contributed by atoms with Gasteiger partial charge in [-0.05, 0) is 97.7 Å². The van der Waals surface area contributed by atoms with Crippen LogP contribution in [0.25, 0.3) is 16.7 Å². The Morgan fingerprint density at radius 3 is 2.23 bits per heavy atom. The van der Waals surface area contributed by atoms with E-state index in [0.29, 0.717) is 5.92 Å². The zero-order valence-corrected chi connectivity index (χ0v) is 24.0. The van der Waals surface area contributed by atoms with Crippen LogP contribution in [0.15, 0.2) is 79.6 Å². The summed E-state index contributed by atoms with van der Waals surface area (Å²) in [6.45, 7) is 11.8. The van der Waals surface area contributed by atoms with E-state index in [4.69, 9.17) is 4.98 Å². The zero-order chi connectivity index (χ0) is 27.3. The average Bonchev–Trinajstić information content (AvgIpc) is 3.40. The second kappa shape index (κ2) is 12.4. The van der Waals surface area contributed by atoms with Gasteiger partial charge in [0.25, 0.3) is 0 Å². The fourth-order valence-electron chi connectivity index (χ4n) is 6.48. The fourth-order valence-corrected chi connectivity index (χ4v) is 6.48. The van der Waals surface area contributed by atoms with Gasteiger partial charge in [0.1, 0.15) is 5.65 Å². The summed E-state index contributed by atoms with van der Waals surface area (Å²) in [5, 5.41) is 4.36. The maximum atomic E-state index is 4.94. The predicted octanol–water partition coefficient (Wildman–Crippen LogP) is 6.64. The number of rotatable bonds is 9. The van der Waals surface area contributed by atoms with Gasteiger partial charge in [0, 0.05) is 50.2 Å². The van der Waals surface area contributed by atoms with Gasteiger partial charge in [-0.15, -0.1) is 0 Å². The van der Waals surface area contributed by atoms with Crippen LogP contribution in [0.3, 0.4) is 0 Å². The summed E-state index contributed by atoms with van der Waals surface area (Å²) in [6, 6.07) is 22.5. The van der Waals surface area contributed by atoms with Gasteiger partial charge in [0.15, 0.2) is 0 Å². The largest absolute Gasteiger partial charge is 0.388 e. The minimum Gasteiger partial charge on any atom is -0.388 e. The van der Waals surface area contributed by atoms with Crippen LogP contribution in [0.5, 0.6) is 0 Å². The van der Waals surface area contributed by atoms with Gasteiger partial charge in [-0.1, -0.05) is 61.5 Å². The highest BCUT2D eigenvalue weighted by molar-refractivity contribution is 5.77. The van der Waals surface area contributed by atoms with Crippen molar-refractivity contribution in [1.29, 1.82) is 0 Å². The molecule has 0 atom stereocenters. The van der Waals surface area contributed by atoms with Crippen molar-refractivity contribution < 1.29 is 0 Å². The maximum absolute atomic E-state index is 4.94. The van der Waals surface area contributed by atoms with Gasteiger partial charge in [0.05, 0.1) is 0 Å². The summed E-state index contributed by atoms with van der Waals surface area (Å²) in [5.74, 6) is 0.592. The van der Waals surface area contributed by atoms with Gasteiger partial charge in [-0.3, -0.25) is 9.80 Å². The van der Waals surface area contributed by atoms with Crippen LogP contribution in [0.1, 0.15) is 65.8 Å². The lowest BCUT2D eigenvalue weighted by Crippen LogP contribution is -2.32. The molecular weight excluding hydrogens is 490 g/mol. The van der Waals surface area contributed by atoms with Crippen LogP contribution >= 0.6 is 0 Å². The minimum absolute atomic E-state index is 0.592. The monoisotopic (exact) mass is 533 g/mol. The van der Waals surface area contributed by atoms with E-state index in [0.717, 1.165) is 49.6 Å². The van der Waals surface area contributed by atoms with Crippen molar-refractivity contribution in [3.05, 3.63) is 107 Å². The van der Waals surface area contributed by atoms with Crippen LogP contribution in [-0.4, -0.2) is 52.6 Å². The molecule has 0 amide bonds. The first-order valence-corrected chi connectivity index (χ1v) is 15.1. The molecule has 6 rings (SSSR count). The zero-order valence-electron chi connectivity index (χ0n) is 24.0. The first-order chi connectivity index (χ1) is 19.6. The Balaban J connectivity index is 1.04. The molecule has 40 heavy (non-hydrogen) atoms. The van der Waals surface area contributed by atoms with E-state index in [1.54, 1.807) is 0 Å². The van der Waals surface area contributed by atoms with Crippen molar-refractivity contribution in [3.63, 3.8) is 0 Å². The third-order valence-corrected chi connectivity index (χ3v) is 8.89. The van der Waals surface area contributed by atoms with Crippen LogP contribution in [0.4, 0.5) is 0 Å². The highest BCUT2D eigenvalue weighted by atomic mass is 15.1. The number of aromatic nitrogens is 2. The van der Waals surface area contributed by atoms with Crippen molar-refractivity contribution in [2.75, 3.05) is 33.2 Å². The molecule has 0 bridgehead atoms. The van der Waals surface area contributed by atoms with E-state index in [9.17, 15) is 0 Å². The summed E-state index contributed by atoms with van der Waals surface area (Å²) < 4.78 is 2.25. The normalized spacial score (nSPS) is 17.3. The van der Waals surface area contributed by atoms with Crippen molar-refractivity contribution in [1.82, 2.24) is 24.7 Å². The molecule has 2 aliphatic heterocycles. The van der Waals surface area contributed by atoms with Gasteiger partial charge < -0.3 is 9.88 Å². The van der Waals surface area contributed by atoms with E-state index in [-0.39, 0.29) is 0 Å². The molecule has 2 saturated heterocycles. The molecular formula is C35H43N5. The summed E-state index contributed by atoms with van der Waals surface area (Å²) in [6.07, 6.45) is 10.8. The first kappa shape index (κ1) is 26.8. The fraction of sp³-hybridized carbons (Fsp3) is 0.400. The molecule has 5 nitrogen and oxygen atoms in total. The SMILES string of the molecule is C=C(NC)c1ccc(Cn2ccc3cc(C4CCN(Cc5cccc(CN6CCCCC6)c5)CC4)cnc32)cc1. The molecule has 2 aromatic carbocycles. The van der Waals surface area contributed by atoms with E-state index >= 15 is 0 Å². The topological polar surface area (TPSA) is 36.3 Å². The van der Waals surface area contributed by atoms with Crippen LogP contribution in [0, 0.1) is 0 Å². The quantitative estimate of drug-likeness (QED) is 0.262. The lowest BCUT2D eigenvalue weighted by Gasteiger charge is -2.32. The Morgan fingerprint density at radius 2 is 1.52 bits per heavy atom. The number of nitrogens with zero attached hydrogens (tertiary/aromatic N) is 4. The van der Waals surface area contributed by atoms with Crippen LogP contribution in [0.2, 0.25) is 0 Å². The smallest absolute Gasteiger partial charge is 0.140 e. The van der Waals surface area contributed by atoms with Crippen molar-refractivity contribution >= 4 is 16.7 Å². The van der Waals surface area contributed by atoms with Crippen LogP contribution in [-0.2, 0) is 19.6 Å². The third kappa shape index (κ3) is 6.32. The Labute approximate surface area is 239 Å². The molecule has 4 aromatic rings.